The van der Waals surface area contributed by atoms with Crippen LogP contribution in [-0.4, -0.2) is 20.3 Å². The lowest BCUT2D eigenvalue weighted by Gasteiger charge is -2.08. The van der Waals surface area contributed by atoms with Gasteiger partial charge in [-0.2, -0.15) is 5.10 Å². The Kier molecular flexibility index (Phi) is 4.16. The summed E-state index contributed by atoms with van der Waals surface area (Å²) < 4.78 is 16.1. The summed E-state index contributed by atoms with van der Waals surface area (Å²) in [7, 11) is 1.80. The average molecular weight is 385 g/mol. The minimum absolute atomic E-state index is 0.0972. The van der Waals surface area contributed by atoms with E-state index in [-0.39, 0.29) is 17.1 Å². The van der Waals surface area contributed by atoms with Crippen molar-refractivity contribution in [1.29, 1.82) is 0 Å². The fourth-order valence-electron chi connectivity index (χ4n) is 3.14. The maximum atomic E-state index is 13.2. The van der Waals surface area contributed by atoms with Crippen LogP contribution in [0.4, 0.5) is 10.1 Å². The molecule has 136 valence electrons. The number of anilines is 1. The first kappa shape index (κ1) is 17.2. The Morgan fingerprint density at radius 3 is 2.78 bits per heavy atom. The molecule has 1 amide bonds. The van der Waals surface area contributed by atoms with E-state index in [1.165, 1.54) is 12.1 Å². The largest absolute Gasteiger partial charge is 0.339 e. The molecule has 0 aliphatic carbocycles. The number of rotatable bonds is 3. The summed E-state index contributed by atoms with van der Waals surface area (Å²) in [5.74, 6) is -1.04. The van der Waals surface area contributed by atoms with Crippen molar-refractivity contribution >= 4 is 45.0 Å². The van der Waals surface area contributed by atoms with E-state index in [0.29, 0.717) is 11.2 Å². The van der Waals surface area contributed by atoms with Crippen LogP contribution in [-0.2, 0) is 18.4 Å². The molecule has 0 saturated heterocycles. The van der Waals surface area contributed by atoms with Gasteiger partial charge in [0.05, 0.1) is 11.2 Å². The smallest absolute Gasteiger partial charge is 0.291 e. The SMILES string of the molecule is Cn1c2ccccc2c2cnn(CC(=O)Nc3ccc(F)c(Cl)c3)c(=O)c21. The number of hydrogen-bond donors (Lipinski definition) is 1. The third kappa shape index (κ3) is 2.96. The van der Waals surface area contributed by atoms with E-state index in [2.05, 4.69) is 10.4 Å². The Morgan fingerprint density at radius 2 is 2.00 bits per heavy atom. The lowest BCUT2D eigenvalue weighted by Crippen LogP contribution is -2.30. The number of nitrogens with zero attached hydrogens (tertiary/aromatic N) is 3. The van der Waals surface area contributed by atoms with Gasteiger partial charge in [-0.3, -0.25) is 9.59 Å². The van der Waals surface area contributed by atoms with E-state index in [9.17, 15) is 14.0 Å². The number of para-hydroxylation sites is 1. The van der Waals surface area contributed by atoms with Crippen molar-refractivity contribution < 1.29 is 9.18 Å². The lowest BCUT2D eigenvalue weighted by atomic mass is 10.2. The maximum absolute atomic E-state index is 13.2. The summed E-state index contributed by atoms with van der Waals surface area (Å²) in [6.07, 6.45) is 1.58. The lowest BCUT2D eigenvalue weighted by molar-refractivity contribution is -0.117. The van der Waals surface area contributed by atoms with Gasteiger partial charge < -0.3 is 9.88 Å². The Hall–Kier alpha value is -3.19. The average Bonchev–Trinajstić information content (AvgIpc) is 2.94. The van der Waals surface area contributed by atoms with Crippen LogP contribution in [0.15, 0.2) is 53.5 Å². The Morgan fingerprint density at radius 1 is 1.22 bits per heavy atom. The van der Waals surface area contributed by atoms with Gasteiger partial charge in [0.15, 0.2) is 0 Å². The standard InChI is InChI=1S/C19H14ClFN4O2/c1-24-16-5-3-2-4-12(16)13-9-22-25(19(27)18(13)24)10-17(26)23-11-6-7-15(21)14(20)8-11/h2-9H,10H2,1H3,(H,23,26). The fraction of sp³-hybridized carbons (Fsp3) is 0.105. The summed E-state index contributed by atoms with van der Waals surface area (Å²) in [6, 6.07) is 11.5. The maximum Gasteiger partial charge on any atom is 0.291 e. The van der Waals surface area contributed by atoms with Gasteiger partial charge in [0.2, 0.25) is 5.91 Å². The summed E-state index contributed by atoms with van der Waals surface area (Å²) in [5.41, 5.74) is 1.36. The Labute approximate surface area is 157 Å². The second-order valence-corrected chi connectivity index (χ2v) is 6.53. The Bertz CT molecular complexity index is 1260. The molecule has 0 fully saturated rings. The van der Waals surface area contributed by atoms with Crippen LogP contribution in [0.2, 0.25) is 5.02 Å². The molecule has 0 aliphatic rings. The van der Waals surface area contributed by atoms with Gasteiger partial charge in [0.25, 0.3) is 5.56 Å². The van der Waals surface area contributed by atoms with Crippen LogP contribution in [0.1, 0.15) is 0 Å². The topological polar surface area (TPSA) is 68.9 Å². The van der Waals surface area contributed by atoms with E-state index in [1.807, 2.05) is 24.3 Å². The molecule has 2 aromatic carbocycles. The van der Waals surface area contributed by atoms with Gasteiger partial charge in [0, 0.05) is 29.0 Å². The molecule has 0 atom stereocenters. The highest BCUT2D eigenvalue weighted by Gasteiger charge is 2.15. The second kappa shape index (κ2) is 6.51. The monoisotopic (exact) mass is 384 g/mol. The third-order valence-corrected chi connectivity index (χ3v) is 4.70. The summed E-state index contributed by atoms with van der Waals surface area (Å²) >= 11 is 5.71. The van der Waals surface area contributed by atoms with Crippen molar-refractivity contribution in [3.63, 3.8) is 0 Å². The molecule has 8 heteroatoms. The van der Waals surface area contributed by atoms with Gasteiger partial charge in [-0.25, -0.2) is 9.07 Å². The predicted octanol–water partition coefficient (Wildman–Crippen LogP) is 3.32. The van der Waals surface area contributed by atoms with Crippen molar-refractivity contribution in [2.24, 2.45) is 7.05 Å². The third-order valence-electron chi connectivity index (χ3n) is 4.41. The molecule has 0 bridgehead atoms. The molecular weight excluding hydrogens is 371 g/mol. The van der Waals surface area contributed by atoms with E-state index in [0.717, 1.165) is 27.0 Å². The van der Waals surface area contributed by atoms with E-state index in [4.69, 9.17) is 11.6 Å². The molecule has 0 unspecified atom stereocenters. The van der Waals surface area contributed by atoms with Crippen molar-refractivity contribution in [2.45, 2.75) is 6.54 Å². The molecule has 2 aromatic heterocycles. The van der Waals surface area contributed by atoms with Gasteiger partial charge in [0.1, 0.15) is 17.9 Å². The predicted molar refractivity (Wildman–Crippen MR) is 103 cm³/mol. The summed E-state index contributed by atoms with van der Waals surface area (Å²) in [4.78, 5) is 25.1. The van der Waals surface area contributed by atoms with Crippen molar-refractivity contribution in [1.82, 2.24) is 14.3 Å². The van der Waals surface area contributed by atoms with Crippen molar-refractivity contribution in [2.75, 3.05) is 5.32 Å². The van der Waals surface area contributed by atoms with Gasteiger partial charge in [-0.05, 0) is 24.3 Å². The quantitative estimate of drug-likeness (QED) is 0.589. The zero-order chi connectivity index (χ0) is 19.1. The minimum atomic E-state index is -0.575. The number of nitrogens with one attached hydrogen (secondary N) is 1. The molecule has 0 aliphatic heterocycles. The van der Waals surface area contributed by atoms with Crippen LogP contribution in [0.25, 0.3) is 21.8 Å². The molecule has 4 rings (SSSR count). The van der Waals surface area contributed by atoms with Crippen LogP contribution >= 0.6 is 11.6 Å². The summed E-state index contributed by atoms with van der Waals surface area (Å²) in [5, 5.41) is 8.27. The highest BCUT2D eigenvalue weighted by Crippen LogP contribution is 2.24. The number of carbonyl (C=O) groups is 1. The molecule has 0 spiro atoms. The van der Waals surface area contributed by atoms with E-state index in [1.54, 1.807) is 17.8 Å². The zero-order valence-electron chi connectivity index (χ0n) is 14.2. The van der Waals surface area contributed by atoms with Gasteiger partial charge >= 0.3 is 0 Å². The number of aryl methyl sites for hydroxylation is 1. The molecular formula is C19H14ClFN4O2. The van der Waals surface area contributed by atoms with Crippen LogP contribution in [0, 0.1) is 5.82 Å². The van der Waals surface area contributed by atoms with E-state index < -0.39 is 11.7 Å². The highest BCUT2D eigenvalue weighted by molar-refractivity contribution is 6.31. The number of carbonyl (C=O) groups excluding carboxylic acids is 1. The zero-order valence-corrected chi connectivity index (χ0v) is 15.0. The number of amides is 1. The molecule has 1 N–H and O–H groups in total. The van der Waals surface area contributed by atoms with Crippen LogP contribution in [0.5, 0.6) is 0 Å². The minimum Gasteiger partial charge on any atom is -0.339 e. The number of fused-ring (bicyclic) bond motifs is 3. The van der Waals surface area contributed by atoms with Crippen molar-refractivity contribution in [3.8, 4) is 0 Å². The fourth-order valence-corrected chi connectivity index (χ4v) is 3.32. The Balaban J connectivity index is 1.68. The second-order valence-electron chi connectivity index (χ2n) is 6.12. The van der Waals surface area contributed by atoms with Crippen LogP contribution in [0.3, 0.4) is 0 Å². The number of halogens is 2. The normalized spacial score (nSPS) is 11.2. The first-order valence-electron chi connectivity index (χ1n) is 8.14. The molecule has 4 aromatic rings. The first-order valence-corrected chi connectivity index (χ1v) is 8.51. The molecule has 6 nitrogen and oxygen atoms in total. The molecule has 27 heavy (non-hydrogen) atoms. The van der Waals surface area contributed by atoms with E-state index >= 15 is 0 Å². The molecule has 0 radical (unpaired) electrons. The van der Waals surface area contributed by atoms with Gasteiger partial charge in [-0.15, -0.1) is 0 Å². The highest BCUT2D eigenvalue weighted by atomic mass is 35.5. The number of benzene rings is 2. The molecule has 2 heterocycles. The van der Waals surface area contributed by atoms with Crippen LogP contribution < -0.4 is 10.9 Å². The van der Waals surface area contributed by atoms with Crippen molar-refractivity contribution in [3.05, 3.63) is 69.9 Å². The number of aromatic nitrogens is 3. The molecule has 0 saturated carbocycles. The first-order chi connectivity index (χ1) is 13.0. The summed E-state index contributed by atoms with van der Waals surface area (Å²) in [6.45, 7) is -0.273. The number of hydrogen-bond acceptors (Lipinski definition) is 3. The van der Waals surface area contributed by atoms with Gasteiger partial charge in [-0.1, -0.05) is 29.8 Å².